The Labute approximate surface area is 180 Å². The Kier molecular flexibility index (Phi) is 6.01. The van der Waals surface area contributed by atoms with E-state index in [9.17, 15) is 0 Å². The van der Waals surface area contributed by atoms with Gasteiger partial charge in [-0.2, -0.15) is 0 Å². The minimum Gasteiger partial charge on any atom is -0.494 e. The minimum absolute atomic E-state index is 0.716. The van der Waals surface area contributed by atoms with E-state index in [4.69, 9.17) is 4.74 Å². The number of aryl methyl sites for hydroxylation is 1. The third-order valence-corrected chi connectivity index (χ3v) is 6.65. The van der Waals surface area contributed by atoms with E-state index in [0.29, 0.717) is 6.04 Å². The van der Waals surface area contributed by atoms with Gasteiger partial charge in [-0.05, 0) is 72.2 Å². The summed E-state index contributed by atoms with van der Waals surface area (Å²) in [5, 5.41) is 6.17. The molecule has 3 aromatic carbocycles. The maximum atomic E-state index is 6.02. The van der Waals surface area contributed by atoms with Gasteiger partial charge in [-0.25, -0.2) is 0 Å². The van der Waals surface area contributed by atoms with Gasteiger partial charge >= 0.3 is 0 Å². The Morgan fingerprint density at radius 1 is 0.867 bits per heavy atom. The number of hydrogen-bond donors (Lipinski definition) is 1. The van der Waals surface area contributed by atoms with E-state index in [2.05, 4.69) is 76.9 Å². The van der Waals surface area contributed by atoms with Crippen LogP contribution >= 0.6 is 0 Å². The monoisotopic (exact) mass is 400 g/mol. The summed E-state index contributed by atoms with van der Waals surface area (Å²) < 4.78 is 6.02. The normalized spacial score (nSPS) is 20.8. The van der Waals surface area contributed by atoms with Crippen molar-refractivity contribution in [3.8, 4) is 5.75 Å². The summed E-state index contributed by atoms with van der Waals surface area (Å²) in [6.07, 6.45) is 6.02. The molecule has 3 nitrogen and oxygen atoms in total. The Balaban J connectivity index is 1.09. The van der Waals surface area contributed by atoms with Crippen molar-refractivity contribution >= 4 is 10.8 Å². The van der Waals surface area contributed by atoms with E-state index in [0.717, 1.165) is 44.3 Å². The van der Waals surface area contributed by atoms with Crippen molar-refractivity contribution in [3.63, 3.8) is 0 Å². The van der Waals surface area contributed by atoms with E-state index in [1.807, 2.05) is 0 Å². The van der Waals surface area contributed by atoms with Crippen molar-refractivity contribution < 1.29 is 4.74 Å². The first-order valence-electron chi connectivity index (χ1n) is 11.5. The van der Waals surface area contributed by atoms with Gasteiger partial charge in [0.1, 0.15) is 5.75 Å². The number of piperazine rings is 1. The Bertz CT molecular complexity index is 971. The molecule has 2 aliphatic rings. The van der Waals surface area contributed by atoms with Crippen LogP contribution in [0.4, 0.5) is 0 Å². The highest BCUT2D eigenvalue weighted by Gasteiger charge is 2.37. The summed E-state index contributed by atoms with van der Waals surface area (Å²) in [4.78, 5) is 2.64. The van der Waals surface area contributed by atoms with Crippen molar-refractivity contribution in [2.24, 2.45) is 0 Å². The average molecular weight is 401 g/mol. The molecule has 2 atom stereocenters. The molecule has 3 aromatic rings. The predicted octanol–water partition coefficient (Wildman–Crippen LogP) is 5.18. The van der Waals surface area contributed by atoms with E-state index in [-0.39, 0.29) is 0 Å². The zero-order valence-electron chi connectivity index (χ0n) is 17.7. The Hall–Kier alpha value is -2.36. The van der Waals surface area contributed by atoms with Gasteiger partial charge in [-0.15, -0.1) is 0 Å². The van der Waals surface area contributed by atoms with Crippen LogP contribution in [-0.2, 0) is 13.0 Å². The van der Waals surface area contributed by atoms with Crippen LogP contribution in [0.3, 0.4) is 0 Å². The quantitative estimate of drug-likeness (QED) is 0.501. The van der Waals surface area contributed by atoms with E-state index in [1.54, 1.807) is 0 Å². The molecule has 2 heterocycles. The molecule has 156 valence electrons. The summed E-state index contributed by atoms with van der Waals surface area (Å²) in [5.41, 5.74) is 2.85. The highest BCUT2D eigenvalue weighted by molar-refractivity contribution is 5.84. The van der Waals surface area contributed by atoms with Crippen LogP contribution in [0.1, 0.15) is 36.8 Å². The molecule has 0 saturated carbocycles. The predicted molar refractivity (Wildman–Crippen MR) is 124 cm³/mol. The number of benzene rings is 3. The molecular weight excluding hydrogens is 368 g/mol. The van der Waals surface area contributed by atoms with Crippen molar-refractivity contribution in [2.75, 3.05) is 19.7 Å². The van der Waals surface area contributed by atoms with Crippen molar-refractivity contribution in [2.45, 2.75) is 50.7 Å². The summed E-state index contributed by atoms with van der Waals surface area (Å²) in [6.45, 7) is 4.22. The van der Waals surface area contributed by atoms with Gasteiger partial charge in [-0.3, -0.25) is 4.90 Å². The number of nitrogens with one attached hydrogen (secondary N) is 1. The van der Waals surface area contributed by atoms with Crippen LogP contribution in [-0.4, -0.2) is 36.7 Å². The molecule has 0 aromatic heterocycles. The van der Waals surface area contributed by atoms with Gasteiger partial charge in [0.2, 0.25) is 0 Å². The third-order valence-electron chi connectivity index (χ3n) is 6.65. The summed E-state index contributed by atoms with van der Waals surface area (Å²) >= 11 is 0. The second-order valence-corrected chi connectivity index (χ2v) is 8.91. The molecule has 0 aliphatic carbocycles. The second-order valence-electron chi connectivity index (χ2n) is 8.91. The lowest BCUT2D eigenvalue weighted by Crippen LogP contribution is -2.42. The smallest absolute Gasteiger partial charge is 0.119 e. The lowest BCUT2D eigenvalue weighted by Gasteiger charge is -2.27. The number of rotatable bonds is 9. The van der Waals surface area contributed by atoms with Gasteiger partial charge < -0.3 is 10.1 Å². The van der Waals surface area contributed by atoms with Gasteiger partial charge in [0.15, 0.2) is 0 Å². The van der Waals surface area contributed by atoms with Crippen LogP contribution in [0.25, 0.3) is 10.8 Å². The lowest BCUT2D eigenvalue weighted by atomic mass is 10.1. The molecule has 2 aliphatic heterocycles. The third kappa shape index (κ3) is 4.69. The molecular formula is C27H32N2O. The zero-order valence-corrected chi connectivity index (χ0v) is 17.7. The van der Waals surface area contributed by atoms with E-state index < -0.39 is 0 Å². The number of ether oxygens (including phenoxy) is 1. The summed E-state index contributed by atoms with van der Waals surface area (Å²) in [7, 11) is 0. The Morgan fingerprint density at radius 3 is 2.57 bits per heavy atom. The molecule has 0 spiro atoms. The highest BCUT2D eigenvalue weighted by atomic mass is 16.5. The fraction of sp³-hybridized carbons (Fsp3) is 0.407. The SMILES string of the molecule is c1ccc(CCCCCOc2ccc3cc(CN4C[C@H]5C[C@@H]4CN5)ccc3c2)cc1. The molecule has 5 rings (SSSR count). The largest absolute Gasteiger partial charge is 0.494 e. The molecule has 2 saturated heterocycles. The van der Waals surface area contributed by atoms with Crippen molar-refractivity contribution in [3.05, 3.63) is 77.9 Å². The van der Waals surface area contributed by atoms with Gasteiger partial charge in [0.05, 0.1) is 6.61 Å². The van der Waals surface area contributed by atoms with Crippen molar-refractivity contribution in [1.29, 1.82) is 0 Å². The van der Waals surface area contributed by atoms with Gasteiger partial charge in [0, 0.05) is 31.7 Å². The summed E-state index contributed by atoms with van der Waals surface area (Å²) in [6, 6.07) is 25.6. The van der Waals surface area contributed by atoms with E-state index in [1.165, 1.54) is 47.7 Å². The molecule has 2 fully saturated rings. The molecule has 0 amide bonds. The topological polar surface area (TPSA) is 24.5 Å². The number of unbranched alkanes of at least 4 members (excludes halogenated alkanes) is 2. The van der Waals surface area contributed by atoms with Crippen LogP contribution in [0, 0.1) is 0 Å². The molecule has 0 radical (unpaired) electrons. The second kappa shape index (κ2) is 9.20. The highest BCUT2D eigenvalue weighted by Crippen LogP contribution is 2.27. The lowest BCUT2D eigenvalue weighted by molar-refractivity contribution is 0.218. The fourth-order valence-corrected chi connectivity index (χ4v) is 4.98. The number of fused-ring (bicyclic) bond motifs is 3. The van der Waals surface area contributed by atoms with Crippen molar-refractivity contribution in [1.82, 2.24) is 10.2 Å². The maximum Gasteiger partial charge on any atom is 0.119 e. The fourth-order valence-electron chi connectivity index (χ4n) is 4.98. The number of nitrogens with zero attached hydrogens (tertiary/aromatic N) is 1. The standard InChI is InChI=1S/C27H32N2O/c1-3-7-21(8-4-1)9-5-2-6-14-30-27-13-12-23-15-22(10-11-24(23)16-27)19-29-20-25-17-26(29)18-28-25/h1,3-4,7-8,10-13,15-16,25-26,28H,2,5-6,9,14,17-20H2/t25-,26-/m1/s1. The van der Waals surface area contributed by atoms with Crippen LogP contribution in [0.2, 0.25) is 0 Å². The molecule has 30 heavy (non-hydrogen) atoms. The van der Waals surface area contributed by atoms with Gasteiger partial charge in [-0.1, -0.05) is 48.5 Å². The van der Waals surface area contributed by atoms with Gasteiger partial charge in [0.25, 0.3) is 0 Å². The van der Waals surface area contributed by atoms with E-state index >= 15 is 0 Å². The molecule has 3 heteroatoms. The number of likely N-dealkylation sites (tertiary alicyclic amines) is 1. The number of hydrogen-bond acceptors (Lipinski definition) is 3. The minimum atomic E-state index is 0.716. The van der Waals surface area contributed by atoms with Crippen LogP contribution in [0.15, 0.2) is 66.7 Å². The van der Waals surface area contributed by atoms with Crippen LogP contribution in [0.5, 0.6) is 5.75 Å². The summed E-state index contributed by atoms with van der Waals surface area (Å²) in [5.74, 6) is 0.987. The zero-order chi connectivity index (χ0) is 20.2. The molecule has 2 bridgehead atoms. The average Bonchev–Trinajstić information content (AvgIpc) is 3.40. The first-order valence-corrected chi connectivity index (χ1v) is 11.5. The molecule has 1 N–H and O–H groups in total. The molecule has 0 unspecified atom stereocenters. The first-order chi connectivity index (χ1) is 14.8. The first kappa shape index (κ1) is 19.6. The Morgan fingerprint density at radius 2 is 1.73 bits per heavy atom. The van der Waals surface area contributed by atoms with Crippen LogP contribution < -0.4 is 10.1 Å². The maximum absolute atomic E-state index is 6.02.